The number of anilines is 4. The molecule has 1 aromatic heterocycles. The standard InChI is InChI=1S/C21H23N5O/c1-3-26(4-2)18-12-10-17(11-13-18)23-21(27)19-14-15-20(25-24-19)22-16-8-6-5-7-9-16/h5-15H,3-4H2,1-2H3,(H,22,25)(H,23,27). The molecular formula is C21H23N5O. The second kappa shape index (κ2) is 8.80. The summed E-state index contributed by atoms with van der Waals surface area (Å²) in [5.74, 6) is 0.297. The van der Waals surface area contributed by atoms with Gasteiger partial charge in [0.2, 0.25) is 0 Å². The lowest BCUT2D eigenvalue weighted by Crippen LogP contribution is -2.21. The summed E-state index contributed by atoms with van der Waals surface area (Å²) in [6.45, 7) is 6.13. The minimum absolute atomic E-state index is 0.265. The largest absolute Gasteiger partial charge is 0.372 e. The molecule has 0 radical (unpaired) electrons. The van der Waals surface area contributed by atoms with Gasteiger partial charge >= 0.3 is 0 Å². The maximum absolute atomic E-state index is 12.4. The van der Waals surface area contributed by atoms with Gasteiger partial charge in [0.05, 0.1) is 0 Å². The van der Waals surface area contributed by atoms with Crippen LogP contribution in [0, 0.1) is 0 Å². The molecular weight excluding hydrogens is 338 g/mol. The van der Waals surface area contributed by atoms with Crippen molar-refractivity contribution in [1.82, 2.24) is 10.2 Å². The van der Waals surface area contributed by atoms with E-state index in [0.29, 0.717) is 5.82 Å². The molecule has 0 fully saturated rings. The summed E-state index contributed by atoms with van der Waals surface area (Å²) in [5, 5.41) is 14.1. The smallest absolute Gasteiger partial charge is 0.276 e. The number of rotatable bonds is 7. The van der Waals surface area contributed by atoms with E-state index in [4.69, 9.17) is 0 Å². The maximum Gasteiger partial charge on any atom is 0.276 e. The Balaban J connectivity index is 1.62. The van der Waals surface area contributed by atoms with E-state index in [1.54, 1.807) is 12.1 Å². The Morgan fingerprint density at radius 2 is 1.56 bits per heavy atom. The molecule has 2 aromatic carbocycles. The number of carbonyl (C=O) groups is 1. The molecule has 3 aromatic rings. The van der Waals surface area contributed by atoms with E-state index in [2.05, 4.69) is 39.6 Å². The summed E-state index contributed by atoms with van der Waals surface area (Å²) in [5.41, 5.74) is 3.04. The van der Waals surface area contributed by atoms with Gasteiger partial charge in [-0.3, -0.25) is 4.79 Å². The van der Waals surface area contributed by atoms with Crippen molar-refractivity contribution in [2.24, 2.45) is 0 Å². The van der Waals surface area contributed by atoms with Gasteiger partial charge in [0.15, 0.2) is 11.5 Å². The van der Waals surface area contributed by atoms with Crippen LogP contribution in [0.5, 0.6) is 0 Å². The molecule has 3 rings (SSSR count). The molecule has 6 heteroatoms. The number of hydrogen-bond acceptors (Lipinski definition) is 5. The molecule has 138 valence electrons. The number of amides is 1. The van der Waals surface area contributed by atoms with Crippen molar-refractivity contribution in [2.45, 2.75) is 13.8 Å². The van der Waals surface area contributed by atoms with Crippen LogP contribution in [0.25, 0.3) is 0 Å². The fourth-order valence-electron chi connectivity index (χ4n) is 2.73. The van der Waals surface area contributed by atoms with Crippen molar-refractivity contribution < 1.29 is 4.79 Å². The highest BCUT2D eigenvalue weighted by atomic mass is 16.1. The first-order valence-corrected chi connectivity index (χ1v) is 9.01. The first-order valence-electron chi connectivity index (χ1n) is 9.01. The van der Waals surface area contributed by atoms with E-state index in [9.17, 15) is 4.79 Å². The minimum atomic E-state index is -0.288. The molecule has 0 saturated heterocycles. The van der Waals surface area contributed by atoms with E-state index in [0.717, 1.165) is 30.2 Å². The van der Waals surface area contributed by atoms with Crippen LogP contribution in [0.4, 0.5) is 22.9 Å². The number of carbonyl (C=O) groups excluding carboxylic acids is 1. The lowest BCUT2D eigenvalue weighted by atomic mass is 10.2. The summed E-state index contributed by atoms with van der Waals surface area (Å²) in [6, 6.07) is 20.9. The third-order valence-corrected chi connectivity index (χ3v) is 4.20. The predicted molar refractivity (Wildman–Crippen MR) is 110 cm³/mol. The third-order valence-electron chi connectivity index (χ3n) is 4.20. The van der Waals surface area contributed by atoms with Gasteiger partial charge in [0, 0.05) is 30.2 Å². The molecule has 0 aliphatic rings. The lowest BCUT2D eigenvalue weighted by molar-refractivity contribution is 0.102. The summed E-state index contributed by atoms with van der Waals surface area (Å²) < 4.78 is 0. The average molecular weight is 361 g/mol. The summed E-state index contributed by atoms with van der Waals surface area (Å²) in [7, 11) is 0. The van der Waals surface area contributed by atoms with E-state index < -0.39 is 0 Å². The van der Waals surface area contributed by atoms with Crippen LogP contribution in [-0.2, 0) is 0 Å². The van der Waals surface area contributed by atoms with Crippen molar-refractivity contribution in [2.75, 3.05) is 28.6 Å². The van der Waals surface area contributed by atoms with Crippen LogP contribution in [-0.4, -0.2) is 29.2 Å². The predicted octanol–water partition coefficient (Wildman–Crippen LogP) is 4.32. The molecule has 0 atom stereocenters. The molecule has 1 heterocycles. The number of hydrogen-bond donors (Lipinski definition) is 2. The highest BCUT2D eigenvalue weighted by Crippen LogP contribution is 2.18. The second-order valence-corrected chi connectivity index (χ2v) is 5.97. The van der Waals surface area contributed by atoms with Crippen molar-refractivity contribution >= 4 is 28.8 Å². The van der Waals surface area contributed by atoms with Crippen LogP contribution in [0.1, 0.15) is 24.3 Å². The zero-order valence-corrected chi connectivity index (χ0v) is 15.5. The average Bonchev–Trinajstić information content (AvgIpc) is 2.71. The molecule has 0 aliphatic carbocycles. The molecule has 27 heavy (non-hydrogen) atoms. The highest BCUT2D eigenvalue weighted by Gasteiger charge is 2.09. The molecule has 6 nitrogen and oxygen atoms in total. The van der Waals surface area contributed by atoms with Crippen LogP contribution in [0.15, 0.2) is 66.7 Å². The first-order chi connectivity index (χ1) is 13.2. The van der Waals surface area contributed by atoms with Crippen LogP contribution >= 0.6 is 0 Å². The van der Waals surface area contributed by atoms with E-state index in [-0.39, 0.29) is 11.6 Å². The second-order valence-electron chi connectivity index (χ2n) is 5.97. The molecule has 0 saturated carbocycles. The normalized spacial score (nSPS) is 10.3. The Labute approximate surface area is 159 Å². The van der Waals surface area contributed by atoms with Gasteiger partial charge in [-0.25, -0.2) is 0 Å². The molecule has 0 unspecified atom stereocenters. The van der Waals surface area contributed by atoms with Crippen LogP contribution < -0.4 is 15.5 Å². The highest BCUT2D eigenvalue weighted by molar-refractivity contribution is 6.02. The fraction of sp³-hybridized carbons (Fsp3) is 0.190. The summed E-state index contributed by atoms with van der Waals surface area (Å²) in [6.07, 6.45) is 0. The summed E-state index contributed by atoms with van der Waals surface area (Å²) >= 11 is 0. The Kier molecular flexibility index (Phi) is 5.99. The molecule has 0 spiro atoms. The fourth-order valence-corrected chi connectivity index (χ4v) is 2.73. The number of para-hydroxylation sites is 1. The quantitative estimate of drug-likeness (QED) is 0.656. The Morgan fingerprint density at radius 1 is 0.852 bits per heavy atom. The molecule has 0 aliphatic heterocycles. The summed E-state index contributed by atoms with van der Waals surface area (Å²) in [4.78, 5) is 14.6. The van der Waals surface area contributed by atoms with E-state index >= 15 is 0 Å². The zero-order valence-electron chi connectivity index (χ0n) is 15.5. The first kappa shape index (κ1) is 18.4. The van der Waals surface area contributed by atoms with Gasteiger partial charge < -0.3 is 15.5 Å². The van der Waals surface area contributed by atoms with Crippen molar-refractivity contribution in [3.05, 3.63) is 72.4 Å². The van der Waals surface area contributed by atoms with E-state index in [1.165, 1.54) is 0 Å². The Bertz CT molecular complexity index is 859. The van der Waals surface area contributed by atoms with Gasteiger partial charge in [-0.15, -0.1) is 10.2 Å². The van der Waals surface area contributed by atoms with Gasteiger partial charge in [0.25, 0.3) is 5.91 Å². The zero-order chi connectivity index (χ0) is 19.1. The Morgan fingerprint density at radius 3 is 2.15 bits per heavy atom. The minimum Gasteiger partial charge on any atom is -0.372 e. The van der Waals surface area contributed by atoms with Crippen molar-refractivity contribution in [3.63, 3.8) is 0 Å². The maximum atomic E-state index is 12.4. The van der Waals surface area contributed by atoms with Gasteiger partial charge in [-0.05, 0) is 62.4 Å². The molecule has 2 N–H and O–H groups in total. The SMILES string of the molecule is CCN(CC)c1ccc(NC(=O)c2ccc(Nc3ccccc3)nn2)cc1. The van der Waals surface area contributed by atoms with Crippen LogP contribution in [0.3, 0.4) is 0 Å². The number of nitrogens with one attached hydrogen (secondary N) is 2. The van der Waals surface area contributed by atoms with Gasteiger partial charge in [0.1, 0.15) is 0 Å². The van der Waals surface area contributed by atoms with Gasteiger partial charge in [-0.1, -0.05) is 18.2 Å². The molecule has 1 amide bonds. The number of nitrogens with zero attached hydrogens (tertiary/aromatic N) is 3. The third kappa shape index (κ3) is 4.82. The Hall–Kier alpha value is -3.41. The monoisotopic (exact) mass is 361 g/mol. The number of benzene rings is 2. The number of aromatic nitrogens is 2. The lowest BCUT2D eigenvalue weighted by Gasteiger charge is -2.21. The topological polar surface area (TPSA) is 70.2 Å². The van der Waals surface area contributed by atoms with Crippen molar-refractivity contribution in [1.29, 1.82) is 0 Å². The van der Waals surface area contributed by atoms with E-state index in [1.807, 2.05) is 54.6 Å². The molecule has 0 bridgehead atoms. The van der Waals surface area contributed by atoms with Gasteiger partial charge in [-0.2, -0.15) is 0 Å². The van der Waals surface area contributed by atoms with Crippen LogP contribution in [0.2, 0.25) is 0 Å². The van der Waals surface area contributed by atoms with Crippen molar-refractivity contribution in [3.8, 4) is 0 Å².